The van der Waals surface area contributed by atoms with E-state index in [0.717, 1.165) is 23.3 Å². The molecular weight excluding hydrogens is 446 g/mol. The number of sulfone groups is 1. The van der Waals surface area contributed by atoms with Gasteiger partial charge in [0.15, 0.2) is 9.84 Å². The minimum Gasteiger partial charge on any atom is -0.337 e. The summed E-state index contributed by atoms with van der Waals surface area (Å²) in [4.78, 5) is 28.6. The number of anilines is 1. The molecule has 172 valence electrons. The Bertz CT molecular complexity index is 1130. The lowest BCUT2D eigenvalue weighted by atomic mass is 9.94. The van der Waals surface area contributed by atoms with Crippen LogP contribution in [-0.4, -0.2) is 49.9 Å². The lowest BCUT2D eigenvalue weighted by Crippen LogP contribution is -2.43. The van der Waals surface area contributed by atoms with E-state index in [9.17, 15) is 18.0 Å². The number of hydrogen-bond donors (Lipinski definition) is 2. The number of aryl methyl sites for hydroxylation is 1. The van der Waals surface area contributed by atoms with Crippen molar-refractivity contribution in [1.29, 1.82) is 0 Å². The quantitative estimate of drug-likeness (QED) is 0.707. The lowest BCUT2D eigenvalue weighted by Gasteiger charge is -2.26. The second-order valence-corrected chi connectivity index (χ2v) is 12.8. The van der Waals surface area contributed by atoms with Crippen molar-refractivity contribution in [1.82, 2.24) is 10.2 Å². The summed E-state index contributed by atoms with van der Waals surface area (Å²) in [5, 5.41) is 6.44. The molecule has 2 heterocycles. The summed E-state index contributed by atoms with van der Waals surface area (Å²) < 4.78 is 23.5. The van der Waals surface area contributed by atoms with Gasteiger partial charge in [0.25, 0.3) is 5.91 Å². The number of amides is 3. The van der Waals surface area contributed by atoms with E-state index in [2.05, 4.69) is 37.5 Å². The van der Waals surface area contributed by atoms with Crippen molar-refractivity contribution in [3.8, 4) is 0 Å². The van der Waals surface area contributed by atoms with Crippen LogP contribution in [0, 0.1) is 0 Å². The van der Waals surface area contributed by atoms with Crippen LogP contribution in [0.4, 0.5) is 9.80 Å². The third-order valence-electron chi connectivity index (χ3n) is 6.00. The number of carbonyl (C=O) groups is 2. The van der Waals surface area contributed by atoms with Gasteiger partial charge in [0.05, 0.1) is 23.1 Å². The highest BCUT2D eigenvalue weighted by Gasteiger charge is 2.31. The van der Waals surface area contributed by atoms with Crippen molar-refractivity contribution in [2.45, 2.75) is 45.1 Å². The smallest absolute Gasteiger partial charge is 0.320 e. The summed E-state index contributed by atoms with van der Waals surface area (Å²) >= 11 is 1.39. The molecule has 1 saturated heterocycles. The van der Waals surface area contributed by atoms with Gasteiger partial charge in [-0.2, -0.15) is 0 Å². The zero-order valence-corrected chi connectivity index (χ0v) is 20.2. The van der Waals surface area contributed by atoms with E-state index in [-0.39, 0.29) is 48.0 Å². The third-order valence-corrected chi connectivity index (χ3v) is 9.08. The van der Waals surface area contributed by atoms with E-state index in [1.165, 1.54) is 16.9 Å². The first-order valence-electron chi connectivity index (χ1n) is 10.8. The van der Waals surface area contributed by atoms with Gasteiger partial charge in [-0.05, 0) is 35.4 Å². The van der Waals surface area contributed by atoms with E-state index in [0.29, 0.717) is 10.6 Å². The number of nitrogens with zero attached hydrogens (tertiary/aromatic N) is 1. The summed E-state index contributed by atoms with van der Waals surface area (Å²) in [6, 6.07) is 9.53. The Hall–Kier alpha value is -2.39. The molecule has 0 bridgehead atoms. The Morgan fingerprint density at radius 3 is 2.50 bits per heavy atom. The molecule has 1 aliphatic carbocycles. The van der Waals surface area contributed by atoms with Crippen LogP contribution in [-0.2, 0) is 21.7 Å². The number of fused-ring (bicyclic) bond motifs is 1. The van der Waals surface area contributed by atoms with Crippen LogP contribution in [0.2, 0.25) is 0 Å². The molecule has 1 aromatic carbocycles. The van der Waals surface area contributed by atoms with Gasteiger partial charge in [0.2, 0.25) is 0 Å². The second kappa shape index (κ2) is 8.51. The molecule has 3 amide bonds. The minimum atomic E-state index is -3.09. The van der Waals surface area contributed by atoms with Crippen molar-refractivity contribution in [3.05, 3.63) is 51.9 Å². The molecule has 1 atom stereocenters. The molecule has 4 rings (SSSR count). The van der Waals surface area contributed by atoms with Crippen LogP contribution in [0.1, 0.15) is 59.6 Å². The number of rotatable bonds is 3. The van der Waals surface area contributed by atoms with Gasteiger partial charge in [-0.25, -0.2) is 13.2 Å². The number of thiophene rings is 1. The van der Waals surface area contributed by atoms with Crippen LogP contribution < -0.4 is 10.6 Å². The molecule has 2 N–H and O–H groups in total. The Kier molecular flexibility index (Phi) is 6.06. The first-order valence-corrected chi connectivity index (χ1v) is 13.5. The normalized spacial score (nSPS) is 20.0. The van der Waals surface area contributed by atoms with Crippen LogP contribution in [0.15, 0.2) is 30.3 Å². The van der Waals surface area contributed by atoms with E-state index in [4.69, 9.17) is 0 Å². The Balaban J connectivity index is 1.53. The molecular formula is C23H29N3O4S2. The van der Waals surface area contributed by atoms with E-state index >= 15 is 0 Å². The third kappa shape index (κ3) is 4.83. The first kappa shape index (κ1) is 22.8. The molecule has 0 radical (unpaired) electrons. The molecule has 0 spiro atoms. The van der Waals surface area contributed by atoms with Crippen molar-refractivity contribution in [2.75, 3.05) is 29.9 Å². The predicted molar refractivity (Wildman–Crippen MR) is 127 cm³/mol. The SMILES string of the molecule is CC(C)(C)c1cc(C(=O)N2CCS(=O)(=O)CC2)c(NC(=O)NC2CCc3ccccc32)s1. The van der Waals surface area contributed by atoms with Crippen LogP contribution in [0.5, 0.6) is 0 Å². The molecule has 0 saturated carbocycles. The summed E-state index contributed by atoms with van der Waals surface area (Å²) in [7, 11) is -3.09. The molecule has 7 nitrogen and oxygen atoms in total. The number of urea groups is 1. The standard InChI is InChI=1S/C23H29N3O4S2/c1-23(2,3)19-14-17(21(27)26-10-12-32(29,30)13-11-26)20(31-19)25-22(28)24-18-9-8-15-6-4-5-7-16(15)18/h4-7,14,18H,8-13H2,1-3H3,(H2,24,25,28). The summed E-state index contributed by atoms with van der Waals surface area (Å²) in [5.74, 6) is -0.299. The maximum absolute atomic E-state index is 13.2. The molecule has 9 heteroatoms. The van der Waals surface area contributed by atoms with E-state index in [1.54, 1.807) is 4.90 Å². The highest BCUT2D eigenvalue weighted by atomic mass is 32.2. The fourth-order valence-corrected chi connectivity index (χ4v) is 6.41. The highest BCUT2D eigenvalue weighted by molar-refractivity contribution is 7.91. The first-order chi connectivity index (χ1) is 15.0. The molecule has 1 aliphatic heterocycles. The Morgan fingerprint density at radius 1 is 1.12 bits per heavy atom. The lowest BCUT2D eigenvalue weighted by molar-refractivity contribution is 0.0771. The average Bonchev–Trinajstić information content (AvgIpc) is 3.32. The topological polar surface area (TPSA) is 95.6 Å². The fourth-order valence-electron chi connectivity index (χ4n) is 4.10. The summed E-state index contributed by atoms with van der Waals surface area (Å²) in [5.41, 5.74) is 2.61. The summed E-state index contributed by atoms with van der Waals surface area (Å²) in [6.07, 6.45) is 1.77. The largest absolute Gasteiger partial charge is 0.337 e. The van der Waals surface area contributed by atoms with Crippen molar-refractivity contribution in [2.24, 2.45) is 0 Å². The molecule has 1 unspecified atom stereocenters. The van der Waals surface area contributed by atoms with Gasteiger partial charge in [0, 0.05) is 18.0 Å². The number of hydrogen-bond acceptors (Lipinski definition) is 5. The van der Waals surface area contributed by atoms with E-state index < -0.39 is 9.84 Å². The van der Waals surface area contributed by atoms with Crippen LogP contribution >= 0.6 is 11.3 Å². The molecule has 2 aromatic rings. The van der Waals surface area contributed by atoms with Gasteiger partial charge < -0.3 is 10.2 Å². The van der Waals surface area contributed by atoms with E-state index in [1.807, 2.05) is 24.3 Å². The summed E-state index contributed by atoms with van der Waals surface area (Å²) in [6.45, 7) is 6.51. The maximum Gasteiger partial charge on any atom is 0.320 e. The Labute approximate surface area is 193 Å². The monoisotopic (exact) mass is 475 g/mol. The fraction of sp³-hybridized carbons (Fsp3) is 0.478. The predicted octanol–water partition coefficient (Wildman–Crippen LogP) is 3.73. The molecule has 32 heavy (non-hydrogen) atoms. The molecule has 1 aromatic heterocycles. The average molecular weight is 476 g/mol. The van der Waals surface area contributed by atoms with Gasteiger partial charge in [-0.1, -0.05) is 45.0 Å². The Morgan fingerprint density at radius 2 is 1.81 bits per heavy atom. The minimum absolute atomic E-state index is 0.0284. The highest BCUT2D eigenvalue weighted by Crippen LogP contribution is 2.37. The van der Waals surface area contributed by atoms with Crippen LogP contribution in [0.3, 0.4) is 0 Å². The van der Waals surface area contributed by atoms with Crippen LogP contribution in [0.25, 0.3) is 0 Å². The zero-order chi connectivity index (χ0) is 23.1. The van der Waals surface area contributed by atoms with Gasteiger partial charge >= 0.3 is 6.03 Å². The van der Waals surface area contributed by atoms with Gasteiger partial charge in [-0.15, -0.1) is 11.3 Å². The number of nitrogens with one attached hydrogen (secondary N) is 2. The van der Waals surface area contributed by atoms with Crippen molar-refractivity contribution >= 4 is 38.1 Å². The zero-order valence-electron chi connectivity index (χ0n) is 18.6. The number of carbonyl (C=O) groups excluding carboxylic acids is 2. The second-order valence-electron chi connectivity index (χ2n) is 9.44. The van der Waals surface area contributed by atoms with Crippen molar-refractivity contribution < 1.29 is 18.0 Å². The maximum atomic E-state index is 13.2. The molecule has 2 aliphatic rings. The van der Waals surface area contributed by atoms with Gasteiger partial charge in [-0.3, -0.25) is 10.1 Å². The molecule has 1 fully saturated rings. The van der Waals surface area contributed by atoms with Gasteiger partial charge in [0.1, 0.15) is 5.00 Å². The van der Waals surface area contributed by atoms with Crippen molar-refractivity contribution in [3.63, 3.8) is 0 Å². The number of benzene rings is 1.